The molecule has 41 heavy (non-hydrogen) atoms. The van der Waals surface area contributed by atoms with Crippen molar-refractivity contribution < 1.29 is 37.5 Å². The maximum absolute atomic E-state index is 13.4. The molecular weight excluding hydrogens is 583 g/mol. The van der Waals surface area contributed by atoms with E-state index in [1.165, 1.54) is 13.1 Å². The number of allylic oxidation sites excluding steroid dienone is 1. The van der Waals surface area contributed by atoms with Gasteiger partial charge in [-0.15, -0.1) is 0 Å². The van der Waals surface area contributed by atoms with E-state index in [9.17, 15) is 28.5 Å². The summed E-state index contributed by atoms with van der Waals surface area (Å²) in [6.45, 7) is 5.62. The zero-order valence-corrected chi connectivity index (χ0v) is 25.0. The van der Waals surface area contributed by atoms with E-state index in [-0.39, 0.29) is 29.5 Å². The Kier molecular flexibility index (Phi) is 12.7. The van der Waals surface area contributed by atoms with Crippen LogP contribution in [-0.4, -0.2) is 71.3 Å². The average molecular weight is 617 g/mol. The molecule has 0 saturated carbocycles. The normalized spacial score (nSPS) is 20.4. The van der Waals surface area contributed by atoms with E-state index in [0.29, 0.717) is 6.29 Å². The monoisotopic (exact) mass is 616 g/mol. The van der Waals surface area contributed by atoms with E-state index >= 15 is 0 Å². The number of thioether (sulfide) groups is 1. The fraction of sp³-hybridized carbons (Fsp3) is 0.609. The summed E-state index contributed by atoms with van der Waals surface area (Å²) in [6, 6.07) is -0.878. The van der Waals surface area contributed by atoms with Crippen molar-refractivity contribution in [1.29, 1.82) is 0 Å². The maximum Gasteiger partial charge on any atom is 0.406 e. The molecule has 1 aliphatic heterocycles. The number of hydrogen-bond acceptors (Lipinski definition) is 12. The first kappa shape index (κ1) is 34.2. The summed E-state index contributed by atoms with van der Waals surface area (Å²) in [6.07, 6.45) is 1.67. The van der Waals surface area contributed by atoms with Crippen LogP contribution in [0.2, 0.25) is 0 Å². The van der Waals surface area contributed by atoms with Crippen molar-refractivity contribution in [1.82, 2.24) is 14.2 Å². The highest BCUT2D eigenvalue weighted by atomic mass is 32.2. The summed E-state index contributed by atoms with van der Waals surface area (Å²) in [5.74, 6) is -0.587. The van der Waals surface area contributed by atoms with Crippen LogP contribution in [0, 0.1) is 12.3 Å². The molecule has 16 nitrogen and oxygen atoms in total. The fourth-order valence-electron chi connectivity index (χ4n) is 3.45. The molecule has 1 aromatic heterocycles. The zero-order chi connectivity index (χ0) is 30.8. The van der Waals surface area contributed by atoms with E-state index in [1.807, 2.05) is 0 Å². The molecule has 1 fully saturated rings. The Labute approximate surface area is 239 Å². The molecule has 1 N–H and O–H groups in total. The van der Waals surface area contributed by atoms with Crippen molar-refractivity contribution in [3.05, 3.63) is 49.1 Å². The van der Waals surface area contributed by atoms with E-state index in [0.717, 1.165) is 40.3 Å². The molecule has 0 radical (unpaired) electrons. The molecule has 2 heterocycles. The third-order valence-corrected chi connectivity index (χ3v) is 8.39. The lowest BCUT2D eigenvalue weighted by Crippen LogP contribution is -2.39. The van der Waals surface area contributed by atoms with Gasteiger partial charge >= 0.3 is 19.4 Å². The quantitative estimate of drug-likeness (QED) is 0.0466. The lowest BCUT2D eigenvalue weighted by Gasteiger charge is -2.22. The average Bonchev–Trinajstić information content (AvgIpc) is 3.32. The van der Waals surface area contributed by atoms with Gasteiger partial charge in [-0.2, -0.15) is 0 Å². The Morgan fingerprint density at radius 3 is 2.66 bits per heavy atom. The van der Waals surface area contributed by atoms with Crippen LogP contribution in [0.3, 0.4) is 0 Å². The van der Waals surface area contributed by atoms with Crippen LogP contribution >= 0.6 is 19.5 Å². The molecular formula is C23H33N6O10PS. The number of methoxy groups -OCH3 is 1. The summed E-state index contributed by atoms with van der Waals surface area (Å²) in [4.78, 5) is 62.6. The fourth-order valence-corrected chi connectivity index (χ4v) is 5.61. The predicted molar refractivity (Wildman–Crippen MR) is 149 cm³/mol. The summed E-state index contributed by atoms with van der Waals surface area (Å²) in [5.41, 5.74) is 7.21. The second-order valence-corrected chi connectivity index (χ2v) is 12.6. The summed E-state index contributed by atoms with van der Waals surface area (Å²) in [7, 11) is -3.02. The van der Waals surface area contributed by atoms with Crippen LogP contribution in [0.25, 0.3) is 16.6 Å². The molecule has 1 unspecified atom stereocenters. The van der Waals surface area contributed by atoms with Crippen LogP contribution in [0.5, 0.6) is 0 Å². The van der Waals surface area contributed by atoms with Crippen LogP contribution in [0.4, 0.5) is 0 Å². The second kappa shape index (κ2) is 15.3. The van der Waals surface area contributed by atoms with E-state index < -0.39 is 61.9 Å². The largest absolute Gasteiger partial charge is 0.468 e. The van der Waals surface area contributed by atoms with Gasteiger partial charge in [0, 0.05) is 40.5 Å². The number of azide groups is 1. The smallest absolute Gasteiger partial charge is 0.406 e. The number of aryl methyl sites for hydroxylation is 1. The number of nitrogens with one attached hydrogen (secondary N) is 1. The van der Waals surface area contributed by atoms with Crippen molar-refractivity contribution in [2.24, 2.45) is 10.5 Å². The molecule has 0 spiro atoms. The van der Waals surface area contributed by atoms with Crippen LogP contribution in [-0.2, 0) is 37.5 Å². The molecule has 4 atom stereocenters. The van der Waals surface area contributed by atoms with Gasteiger partial charge in [0.25, 0.3) is 5.56 Å². The zero-order valence-electron chi connectivity index (χ0n) is 23.3. The topological polar surface area (TPSA) is 210 Å². The number of carbonyl (C=O) groups is 3. The maximum atomic E-state index is 13.4. The number of nitrogens with zero attached hydrogens (tertiary/aromatic N) is 5. The number of hydrogen-bond donors (Lipinski definition) is 1. The first-order valence-corrected chi connectivity index (χ1v) is 14.8. The number of aromatic nitrogens is 2. The molecule has 1 saturated heterocycles. The molecule has 1 aromatic rings. The number of rotatable bonds is 14. The Morgan fingerprint density at radius 1 is 1.34 bits per heavy atom. The van der Waals surface area contributed by atoms with Crippen molar-refractivity contribution in [3.63, 3.8) is 0 Å². The van der Waals surface area contributed by atoms with Crippen molar-refractivity contribution >= 4 is 43.1 Å². The van der Waals surface area contributed by atoms with Crippen molar-refractivity contribution in [3.8, 4) is 0 Å². The van der Waals surface area contributed by atoms with Gasteiger partial charge in [0.1, 0.15) is 19.1 Å². The second-order valence-electron chi connectivity index (χ2n) is 9.72. The Bertz CT molecular complexity index is 1360. The van der Waals surface area contributed by atoms with Crippen molar-refractivity contribution in [2.75, 3.05) is 32.6 Å². The number of carbonyl (C=O) groups excluding carboxylic acids is 3. The van der Waals surface area contributed by atoms with Gasteiger partial charge < -0.3 is 9.47 Å². The standard InChI is InChI=1S/C23H33N6O10PS/c1-15-13-29(22(34)28(20(15)32)7-6-8-30)18-11-16(26-27-24)17(39-18)14-38-40(35,25-12-19(31)36-5)37-9-10-41-21(33)23(2,3)4/h6-8,13,16-18H,9-12,14H2,1-5H3,(H,25,35)/b7-6+/t16-,17+,18+,40?/m0/s1. The lowest BCUT2D eigenvalue weighted by molar-refractivity contribution is -0.139. The molecule has 0 aliphatic carbocycles. The van der Waals surface area contributed by atoms with E-state index in [1.54, 1.807) is 20.8 Å². The van der Waals surface area contributed by atoms with Gasteiger partial charge in [-0.1, -0.05) is 37.6 Å². The lowest BCUT2D eigenvalue weighted by atomic mass is 10.00. The highest BCUT2D eigenvalue weighted by molar-refractivity contribution is 8.13. The number of esters is 1. The highest BCUT2D eigenvalue weighted by Crippen LogP contribution is 2.45. The minimum atomic E-state index is -4.17. The van der Waals surface area contributed by atoms with Gasteiger partial charge in [-0.05, 0) is 18.5 Å². The molecule has 18 heteroatoms. The first-order valence-electron chi connectivity index (χ1n) is 12.3. The SMILES string of the molecule is COC(=O)CNP(=O)(OCCSC(=O)C(C)(C)C)OC[C@H]1O[C@@H](n2cc(C)c(=O)n(/C=C/C=O)c2=O)C[C@@H]1N=[N+]=[N-]. The Morgan fingerprint density at radius 2 is 2.05 bits per heavy atom. The molecule has 0 aromatic carbocycles. The third-order valence-electron chi connectivity index (χ3n) is 5.59. The summed E-state index contributed by atoms with van der Waals surface area (Å²) >= 11 is 0.990. The van der Waals surface area contributed by atoms with E-state index in [2.05, 4.69) is 19.9 Å². The van der Waals surface area contributed by atoms with Crippen LogP contribution in [0.15, 0.2) is 27.0 Å². The highest BCUT2D eigenvalue weighted by Gasteiger charge is 2.39. The minimum absolute atomic E-state index is 0.000660. The van der Waals surface area contributed by atoms with Gasteiger partial charge in [0.2, 0.25) is 0 Å². The van der Waals surface area contributed by atoms with Crippen LogP contribution in [0.1, 0.15) is 39.0 Å². The minimum Gasteiger partial charge on any atom is -0.468 e. The molecule has 1 aliphatic rings. The summed E-state index contributed by atoms with van der Waals surface area (Å²) in [5, 5.41) is 5.98. The van der Waals surface area contributed by atoms with E-state index in [4.69, 9.17) is 19.3 Å². The molecule has 2 rings (SSSR count). The molecule has 0 amide bonds. The first-order chi connectivity index (χ1) is 19.3. The van der Waals surface area contributed by atoms with Gasteiger partial charge in [-0.3, -0.25) is 32.8 Å². The van der Waals surface area contributed by atoms with Gasteiger partial charge in [-0.25, -0.2) is 19.0 Å². The summed E-state index contributed by atoms with van der Waals surface area (Å²) < 4.78 is 36.6. The number of aldehydes is 1. The Hall–Kier alpha value is -3.04. The third kappa shape index (κ3) is 9.78. The Balaban J connectivity index is 2.22. The number of ether oxygens (including phenoxy) is 2. The van der Waals surface area contributed by atoms with Crippen molar-refractivity contribution in [2.45, 2.75) is 52.5 Å². The van der Waals surface area contributed by atoms with Gasteiger partial charge in [0.15, 0.2) is 5.12 Å². The van der Waals surface area contributed by atoms with Gasteiger partial charge in [0.05, 0.1) is 32.5 Å². The molecule has 0 bridgehead atoms. The van der Waals surface area contributed by atoms with Crippen LogP contribution < -0.4 is 16.3 Å². The molecule has 226 valence electrons. The predicted octanol–water partition coefficient (Wildman–Crippen LogP) is 2.16.